The van der Waals surface area contributed by atoms with E-state index in [0.29, 0.717) is 0 Å². The van der Waals surface area contributed by atoms with Gasteiger partial charge in [-0.15, -0.1) is 0 Å². The minimum absolute atomic E-state index is 0.00594. The predicted molar refractivity (Wildman–Crippen MR) is 84.3 cm³/mol. The van der Waals surface area contributed by atoms with Gasteiger partial charge in [0, 0.05) is 0 Å². The average molecular weight is 328 g/mol. The molecule has 20 heavy (non-hydrogen) atoms. The van der Waals surface area contributed by atoms with E-state index in [0.717, 1.165) is 0 Å². The molecule has 0 radical (unpaired) electrons. The third-order valence-corrected chi connectivity index (χ3v) is 6.80. The monoisotopic (exact) mass is 328 g/mol. The summed E-state index contributed by atoms with van der Waals surface area (Å²) in [6, 6.07) is 0. The van der Waals surface area contributed by atoms with Crippen molar-refractivity contribution in [3.05, 3.63) is 0 Å². The van der Waals surface area contributed by atoms with E-state index in [-0.39, 0.29) is 30.3 Å². The second kappa shape index (κ2) is 9.50. The van der Waals surface area contributed by atoms with E-state index >= 15 is 0 Å². The van der Waals surface area contributed by atoms with E-state index in [2.05, 4.69) is 0 Å². The Kier molecular flexibility index (Phi) is 9.74. The van der Waals surface area contributed by atoms with Crippen LogP contribution in [-0.4, -0.2) is 30.3 Å². The first-order valence-corrected chi connectivity index (χ1v) is 10.2. The van der Waals surface area contributed by atoms with Crippen LogP contribution in [0.15, 0.2) is 0 Å². The van der Waals surface area contributed by atoms with Crippen LogP contribution in [0.4, 0.5) is 0 Å². The van der Waals surface area contributed by atoms with Crippen molar-refractivity contribution >= 4 is 16.0 Å². The van der Waals surface area contributed by atoms with Crippen molar-refractivity contribution in [2.75, 3.05) is 5.90 Å². The largest absolute Gasteiger partial charge is 0.340 e. The highest BCUT2D eigenvalue weighted by atomic mass is 31.2. The Hall–Kier alpha value is 0.500. The summed E-state index contributed by atoms with van der Waals surface area (Å²) in [6.07, 6.45) is -0.332. The summed E-state index contributed by atoms with van der Waals surface area (Å²) in [5.74, 6) is 0.162. The molecule has 0 aliphatic heterocycles. The van der Waals surface area contributed by atoms with Gasteiger partial charge in [0.25, 0.3) is 0 Å². The van der Waals surface area contributed by atoms with Crippen molar-refractivity contribution in [2.24, 2.45) is 0 Å². The van der Waals surface area contributed by atoms with Gasteiger partial charge in [-0.2, -0.15) is 0 Å². The second-order valence-electron chi connectivity index (χ2n) is 5.70. The van der Waals surface area contributed by atoms with Crippen molar-refractivity contribution in [3.8, 4) is 0 Å². The Balaban J connectivity index is 4.90. The fraction of sp³-hybridized carbons (Fsp3) is 1.00. The fourth-order valence-corrected chi connectivity index (χ4v) is 5.96. The first kappa shape index (κ1) is 20.5. The lowest BCUT2D eigenvalue weighted by molar-refractivity contribution is 0.141. The lowest BCUT2D eigenvalue weighted by Gasteiger charge is -2.28. The van der Waals surface area contributed by atoms with E-state index in [4.69, 9.17) is 18.1 Å². The van der Waals surface area contributed by atoms with Gasteiger partial charge in [0.1, 0.15) is 5.90 Å². The molecule has 0 rings (SSSR count). The van der Waals surface area contributed by atoms with Crippen LogP contribution in [0.25, 0.3) is 0 Å². The third-order valence-electron chi connectivity index (χ3n) is 1.69. The maximum absolute atomic E-state index is 12.8. The second-order valence-corrected chi connectivity index (χ2v) is 9.56. The molecule has 0 aromatic carbocycles. The SMILES string of the molecule is CC(C)OP(CP(=O)(OC(C)C)OC(C)C)OC(C)C. The summed E-state index contributed by atoms with van der Waals surface area (Å²) in [7, 11) is -4.52. The van der Waals surface area contributed by atoms with E-state index in [1.54, 1.807) is 0 Å². The Morgan fingerprint density at radius 2 is 1.10 bits per heavy atom. The highest BCUT2D eigenvalue weighted by Crippen LogP contribution is 2.61. The molecular weight excluding hydrogens is 298 g/mol. The number of hydrogen-bond acceptors (Lipinski definition) is 5. The molecule has 0 aliphatic rings. The van der Waals surface area contributed by atoms with Crippen molar-refractivity contribution in [1.82, 2.24) is 0 Å². The zero-order valence-corrected chi connectivity index (χ0v) is 15.7. The van der Waals surface area contributed by atoms with Crippen LogP contribution in [0.3, 0.4) is 0 Å². The number of rotatable bonds is 10. The smallest absolute Gasteiger partial charge is 0.331 e. The third kappa shape index (κ3) is 10.3. The fourth-order valence-electron chi connectivity index (χ4n) is 1.44. The van der Waals surface area contributed by atoms with Gasteiger partial charge < -0.3 is 18.1 Å². The molecule has 0 spiro atoms. The topological polar surface area (TPSA) is 54.0 Å². The van der Waals surface area contributed by atoms with Crippen LogP contribution < -0.4 is 0 Å². The molecule has 0 saturated carbocycles. The molecule has 0 aromatic heterocycles. The molecule has 0 saturated heterocycles. The minimum Gasteiger partial charge on any atom is -0.331 e. The molecule has 0 amide bonds. The summed E-state index contributed by atoms with van der Waals surface area (Å²) in [4.78, 5) is 0. The van der Waals surface area contributed by atoms with Crippen LogP contribution in [0.5, 0.6) is 0 Å². The average Bonchev–Trinajstić information content (AvgIpc) is 2.09. The maximum Gasteiger partial charge on any atom is 0.340 e. The summed E-state index contributed by atoms with van der Waals surface area (Å²) >= 11 is 0. The molecule has 0 unspecified atom stereocenters. The molecule has 0 heterocycles. The van der Waals surface area contributed by atoms with E-state index < -0.39 is 16.0 Å². The minimum atomic E-state index is -3.22. The molecule has 0 bridgehead atoms. The van der Waals surface area contributed by atoms with Crippen molar-refractivity contribution in [1.29, 1.82) is 0 Å². The standard InChI is InChI=1S/C13H30O5P2/c1-10(2)15-19(16-11(3)4)9-20(14,17-12(5)6)18-13(7)8/h10-13H,9H2,1-8H3. The van der Waals surface area contributed by atoms with Crippen LogP contribution in [-0.2, 0) is 22.7 Å². The van der Waals surface area contributed by atoms with E-state index in [1.807, 2.05) is 55.4 Å². The molecule has 0 N–H and O–H groups in total. The van der Waals surface area contributed by atoms with Gasteiger partial charge in [-0.1, -0.05) is 0 Å². The quantitative estimate of drug-likeness (QED) is 0.519. The molecule has 5 nitrogen and oxygen atoms in total. The Morgan fingerprint density at radius 3 is 1.35 bits per heavy atom. The first-order valence-electron chi connectivity index (χ1n) is 7.11. The molecule has 0 fully saturated rings. The Morgan fingerprint density at radius 1 is 0.750 bits per heavy atom. The highest BCUT2D eigenvalue weighted by Gasteiger charge is 2.34. The van der Waals surface area contributed by atoms with Crippen LogP contribution in [0.2, 0.25) is 0 Å². The molecule has 0 aromatic rings. The van der Waals surface area contributed by atoms with Crippen LogP contribution in [0, 0.1) is 0 Å². The Bertz CT molecular complexity index is 281. The zero-order chi connectivity index (χ0) is 15.9. The van der Waals surface area contributed by atoms with Gasteiger partial charge in [-0.3, -0.25) is 4.57 Å². The van der Waals surface area contributed by atoms with Gasteiger partial charge in [-0.05, 0) is 55.4 Å². The number of hydrogen-bond donors (Lipinski definition) is 0. The normalized spacial score (nSPS) is 13.4. The Labute approximate surface area is 125 Å². The van der Waals surface area contributed by atoms with Crippen LogP contribution in [0.1, 0.15) is 55.4 Å². The first-order chi connectivity index (χ1) is 9.04. The summed E-state index contributed by atoms with van der Waals surface area (Å²) in [5, 5.41) is 0. The zero-order valence-electron chi connectivity index (χ0n) is 14.0. The maximum atomic E-state index is 12.8. The van der Waals surface area contributed by atoms with Gasteiger partial charge in [0.05, 0.1) is 24.4 Å². The molecule has 7 heteroatoms. The van der Waals surface area contributed by atoms with E-state index in [9.17, 15) is 4.57 Å². The van der Waals surface area contributed by atoms with Gasteiger partial charge >= 0.3 is 7.60 Å². The predicted octanol–water partition coefficient (Wildman–Crippen LogP) is 5.15. The molecule has 0 aliphatic carbocycles. The lowest BCUT2D eigenvalue weighted by atomic mass is 10.5. The van der Waals surface area contributed by atoms with Gasteiger partial charge in [0.2, 0.25) is 0 Å². The van der Waals surface area contributed by atoms with Crippen molar-refractivity contribution in [3.63, 3.8) is 0 Å². The van der Waals surface area contributed by atoms with Crippen molar-refractivity contribution < 1.29 is 22.7 Å². The molecular formula is C13H30O5P2. The van der Waals surface area contributed by atoms with E-state index in [1.165, 1.54) is 0 Å². The summed E-state index contributed by atoms with van der Waals surface area (Å²) in [5.41, 5.74) is 0. The lowest BCUT2D eigenvalue weighted by Crippen LogP contribution is -2.13. The van der Waals surface area contributed by atoms with Crippen molar-refractivity contribution in [2.45, 2.75) is 79.8 Å². The van der Waals surface area contributed by atoms with Gasteiger partial charge in [0.15, 0.2) is 8.38 Å². The highest BCUT2D eigenvalue weighted by molar-refractivity contribution is 7.68. The summed E-state index contributed by atoms with van der Waals surface area (Å²) in [6.45, 7) is 15.1. The van der Waals surface area contributed by atoms with Crippen LogP contribution >= 0.6 is 16.0 Å². The summed E-state index contributed by atoms with van der Waals surface area (Å²) < 4.78 is 35.3. The molecule has 0 atom stereocenters. The molecule has 122 valence electrons. The van der Waals surface area contributed by atoms with Gasteiger partial charge in [-0.25, -0.2) is 0 Å².